The number of halogens is 2. The van der Waals surface area contributed by atoms with Gasteiger partial charge in [0.15, 0.2) is 0 Å². The summed E-state index contributed by atoms with van der Waals surface area (Å²) in [4.78, 5) is 10.2. The van der Waals surface area contributed by atoms with E-state index in [1.165, 1.54) is 18.5 Å². The summed E-state index contributed by atoms with van der Waals surface area (Å²) in [5.74, 6) is 0.480. The predicted octanol–water partition coefficient (Wildman–Crippen LogP) is 2.69. The number of hydrogen-bond donors (Lipinski definition) is 1. The van der Waals surface area contributed by atoms with E-state index in [1.54, 1.807) is 18.3 Å². The quantitative estimate of drug-likeness (QED) is 0.915. The van der Waals surface area contributed by atoms with Gasteiger partial charge in [-0.05, 0) is 40.0 Å². The Hall–Kier alpha value is -1.53. The first-order valence-corrected chi connectivity index (χ1v) is 7.10. The van der Waals surface area contributed by atoms with Crippen molar-refractivity contribution >= 4 is 21.7 Å². The van der Waals surface area contributed by atoms with E-state index in [9.17, 15) is 9.50 Å². The smallest absolute Gasteiger partial charge is 0.146 e. The first-order valence-electron chi connectivity index (χ1n) is 6.31. The van der Waals surface area contributed by atoms with Crippen molar-refractivity contribution in [3.8, 4) is 0 Å². The molecule has 2 aromatic rings. The molecule has 1 aliphatic rings. The van der Waals surface area contributed by atoms with Crippen molar-refractivity contribution in [3.05, 3.63) is 52.6 Å². The minimum atomic E-state index is -0.424. The van der Waals surface area contributed by atoms with Gasteiger partial charge in [0.1, 0.15) is 18.0 Å². The summed E-state index contributed by atoms with van der Waals surface area (Å²) in [7, 11) is 0. The van der Waals surface area contributed by atoms with Crippen LogP contribution in [0.1, 0.15) is 18.0 Å². The number of hydrogen-bond acceptors (Lipinski definition) is 4. The van der Waals surface area contributed by atoms with Crippen LogP contribution in [0.15, 0.2) is 41.3 Å². The molecular formula is C14H13BrFN3O. The molecule has 0 spiro atoms. The van der Waals surface area contributed by atoms with E-state index in [2.05, 4.69) is 25.9 Å². The standard InChI is InChI=1S/C14H13BrFN3O/c15-12-6-17-8-18-14(12)19-7-11(20)5-13(19)9-1-3-10(16)4-2-9/h1-4,6,8,11,13,20H,5,7H2. The first-order chi connectivity index (χ1) is 9.65. The SMILES string of the molecule is OC1CC(c2ccc(F)cc2)N(c2ncncc2Br)C1. The molecule has 6 heteroatoms. The van der Waals surface area contributed by atoms with Crippen LogP contribution in [0.5, 0.6) is 0 Å². The number of aliphatic hydroxyl groups is 1. The summed E-state index contributed by atoms with van der Waals surface area (Å²) in [5, 5.41) is 9.96. The number of benzene rings is 1. The number of aromatic nitrogens is 2. The van der Waals surface area contributed by atoms with Crippen LogP contribution in [0.25, 0.3) is 0 Å². The van der Waals surface area contributed by atoms with Crippen molar-refractivity contribution in [3.63, 3.8) is 0 Å². The Morgan fingerprint density at radius 1 is 1.30 bits per heavy atom. The second-order valence-electron chi connectivity index (χ2n) is 4.80. The lowest BCUT2D eigenvalue weighted by atomic mass is 10.0. The van der Waals surface area contributed by atoms with Crippen molar-refractivity contribution in [1.29, 1.82) is 0 Å². The largest absolute Gasteiger partial charge is 0.391 e. The Labute approximate surface area is 124 Å². The Bertz CT molecular complexity index is 608. The number of β-amino-alcohol motifs (C(OH)–C–C–N with tert-alkyl or cyclic N) is 1. The highest BCUT2D eigenvalue weighted by molar-refractivity contribution is 9.10. The zero-order chi connectivity index (χ0) is 14.1. The lowest BCUT2D eigenvalue weighted by Gasteiger charge is -2.26. The van der Waals surface area contributed by atoms with Crippen LogP contribution in [-0.4, -0.2) is 27.7 Å². The fourth-order valence-corrected chi connectivity index (χ4v) is 3.01. The fourth-order valence-electron chi connectivity index (χ4n) is 2.57. The molecule has 0 aliphatic carbocycles. The van der Waals surface area contributed by atoms with Crippen LogP contribution in [0.2, 0.25) is 0 Å². The second-order valence-corrected chi connectivity index (χ2v) is 5.66. The van der Waals surface area contributed by atoms with Crippen molar-refractivity contribution in [2.75, 3.05) is 11.4 Å². The molecule has 1 aromatic carbocycles. The highest BCUT2D eigenvalue weighted by Crippen LogP contribution is 2.37. The third-order valence-corrected chi connectivity index (χ3v) is 4.01. The van der Waals surface area contributed by atoms with Gasteiger partial charge in [0.05, 0.1) is 16.6 Å². The molecule has 0 bridgehead atoms. The van der Waals surface area contributed by atoms with Gasteiger partial charge >= 0.3 is 0 Å². The topological polar surface area (TPSA) is 49.2 Å². The zero-order valence-electron chi connectivity index (χ0n) is 10.6. The van der Waals surface area contributed by atoms with Crippen LogP contribution < -0.4 is 4.90 Å². The van der Waals surface area contributed by atoms with E-state index in [1.807, 2.05) is 4.90 Å². The minimum absolute atomic E-state index is 0.0169. The molecule has 20 heavy (non-hydrogen) atoms. The van der Waals surface area contributed by atoms with Gasteiger partial charge < -0.3 is 10.0 Å². The fraction of sp³-hybridized carbons (Fsp3) is 0.286. The third kappa shape index (κ3) is 2.53. The Morgan fingerprint density at radius 2 is 2.05 bits per heavy atom. The summed E-state index contributed by atoms with van der Waals surface area (Å²) in [5.41, 5.74) is 0.966. The molecule has 0 saturated carbocycles. The van der Waals surface area contributed by atoms with E-state index < -0.39 is 6.10 Å². The molecular weight excluding hydrogens is 325 g/mol. The van der Waals surface area contributed by atoms with E-state index >= 15 is 0 Å². The second kappa shape index (κ2) is 5.46. The Morgan fingerprint density at radius 3 is 2.75 bits per heavy atom. The zero-order valence-corrected chi connectivity index (χ0v) is 12.2. The number of rotatable bonds is 2. The molecule has 4 nitrogen and oxygen atoms in total. The van der Waals surface area contributed by atoms with Gasteiger partial charge in [-0.3, -0.25) is 0 Å². The number of aliphatic hydroxyl groups excluding tert-OH is 1. The predicted molar refractivity (Wildman–Crippen MR) is 76.8 cm³/mol. The van der Waals surface area contributed by atoms with Gasteiger partial charge in [0.25, 0.3) is 0 Å². The molecule has 2 heterocycles. The van der Waals surface area contributed by atoms with Crippen molar-refractivity contribution in [1.82, 2.24) is 9.97 Å². The summed E-state index contributed by atoms with van der Waals surface area (Å²) in [6, 6.07) is 6.36. The molecule has 0 radical (unpaired) electrons. The number of anilines is 1. The van der Waals surface area contributed by atoms with Crippen LogP contribution in [0, 0.1) is 5.82 Å². The third-order valence-electron chi connectivity index (χ3n) is 3.45. The molecule has 2 unspecified atom stereocenters. The first kappa shape index (κ1) is 13.5. The van der Waals surface area contributed by atoms with E-state index in [4.69, 9.17) is 0 Å². The molecule has 104 valence electrons. The van der Waals surface area contributed by atoms with Crippen LogP contribution in [0.4, 0.5) is 10.2 Å². The highest BCUT2D eigenvalue weighted by atomic mass is 79.9. The molecule has 1 fully saturated rings. The molecule has 0 amide bonds. The molecule has 1 saturated heterocycles. The maximum absolute atomic E-state index is 13.0. The average molecular weight is 338 g/mol. The summed E-state index contributed by atoms with van der Waals surface area (Å²) >= 11 is 3.43. The summed E-state index contributed by atoms with van der Waals surface area (Å²) < 4.78 is 13.8. The summed E-state index contributed by atoms with van der Waals surface area (Å²) in [6.07, 6.45) is 3.33. The molecule has 1 aromatic heterocycles. The van der Waals surface area contributed by atoms with Gasteiger partial charge in [-0.25, -0.2) is 14.4 Å². The normalized spacial score (nSPS) is 22.2. The Kier molecular flexibility index (Phi) is 3.67. The maximum atomic E-state index is 13.0. The van der Waals surface area contributed by atoms with Crippen LogP contribution >= 0.6 is 15.9 Å². The Balaban J connectivity index is 1.97. The van der Waals surface area contributed by atoms with Crippen molar-refractivity contribution < 1.29 is 9.50 Å². The van der Waals surface area contributed by atoms with E-state index in [-0.39, 0.29) is 11.9 Å². The van der Waals surface area contributed by atoms with Gasteiger partial charge in [-0.1, -0.05) is 12.1 Å². The molecule has 1 aliphatic heterocycles. The molecule has 3 rings (SSSR count). The highest BCUT2D eigenvalue weighted by Gasteiger charge is 2.33. The maximum Gasteiger partial charge on any atom is 0.146 e. The number of nitrogens with zero attached hydrogens (tertiary/aromatic N) is 3. The van der Waals surface area contributed by atoms with Gasteiger partial charge in [0, 0.05) is 12.7 Å². The summed E-state index contributed by atoms with van der Waals surface area (Å²) in [6.45, 7) is 0.498. The lowest BCUT2D eigenvalue weighted by Crippen LogP contribution is -2.25. The van der Waals surface area contributed by atoms with Crippen molar-refractivity contribution in [2.24, 2.45) is 0 Å². The minimum Gasteiger partial charge on any atom is -0.391 e. The lowest BCUT2D eigenvalue weighted by molar-refractivity contribution is 0.194. The van der Waals surface area contributed by atoms with Gasteiger partial charge in [0.2, 0.25) is 0 Å². The van der Waals surface area contributed by atoms with Gasteiger partial charge in [-0.2, -0.15) is 0 Å². The monoisotopic (exact) mass is 337 g/mol. The van der Waals surface area contributed by atoms with E-state index in [0.717, 1.165) is 15.9 Å². The molecule has 2 atom stereocenters. The van der Waals surface area contributed by atoms with Crippen LogP contribution in [0.3, 0.4) is 0 Å². The van der Waals surface area contributed by atoms with Crippen LogP contribution in [-0.2, 0) is 0 Å². The van der Waals surface area contributed by atoms with Gasteiger partial charge in [-0.15, -0.1) is 0 Å². The average Bonchev–Trinajstić information content (AvgIpc) is 2.82. The molecule has 1 N–H and O–H groups in total. The van der Waals surface area contributed by atoms with E-state index in [0.29, 0.717) is 13.0 Å². The van der Waals surface area contributed by atoms with Crippen molar-refractivity contribution in [2.45, 2.75) is 18.6 Å².